The summed E-state index contributed by atoms with van der Waals surface area (Å²) in [4.78, 5) is 15.8. The van der Waals surface area contributed by atoms with E-state index in [0.29, 0.717) is 12.6 Å². The maximum atomic E-state index is 11.2. The highest BCUT2D eigenvalue weighted by atomic mass is 16.6. The van der Waals surface area contributed by atoms with Crippen molar-refractivity contribution in [3.8, 4) is 0 Å². The van der Waals surface area contributed by atoms with Crippen LogP contribution in [0, 0.1) is 10.1 Å². The van der Waals surface area contributed by atoms with Crippen molar-refractivity contribution in [1.29, 1.82) is 0 Å². The van der Waals surface area contributed by atoms with E-state index in [1.165, 1.54) is 5.56 Å². The highest BCUT2D eigenvalue weighted by Crippen LogP contribution is 2.23. The lowest BCUT2D eigenvalue weighted by Gasteiger charge is -2.38. The van der Waals surface area contributed by atoms with Crippen LogP contribution in [0.2, 0.25) is 0 Å². The van der Waals surface area contributed by atoms with Gasteiger partial charge in [-0.15, -0.1) is 0 Å². The monoisotopic (exact) mass is 353 g/mol. The predicted octanol–water partition coefficient (Wildman–Crippen LogP) is 4.08. The van der Waals surface area contributed by atoms with Gasteiger partial charge in [0.15, 0.2) is 0 Å². The maximum absolute atomic E-state index is 11.2. The third-order valence-electron chi connectivity index (χ3n) is 5.29. The Balaban J connectivity index is 1.56. The normalized spacial score (nSPS) is 16.1. The SMILES string of the molecule is CCN(Cc1ccccc1)C1CCN(Cc2ccccc2[N+](=O)[O-])CC1. The molecule has 0 aliphatic carbocycles. The fourth-order valence-corrected chi connectivity index (χ4v) is 3.82. The number of nitrogens with zero attached hydrogens (tertiary/aromatic N) is 3. The first-order valence-corrected chi connectivity index (χ1v) is 9.40. The van der Waals surface area contributed by atoms with Gasteiger partial charge >= 0.3 is 0 Å². The van der Waals surface area contributed by atoms with Gasteiger partial charge in [0, 0.05) is 30.8 Å². The van der Waals surface area contributed by atoms with E-state index in [-0.39, 0.29) is 10.6 Å². The van der Waals surface area contributed by atoms with Gasteiger partial charge in [-0.1, -0.05) is 55.5 Å². The highest BCUT2D eigenvalue weighted by molar-refractivity contribution is 5.39. The smallest absolute Gasteiger partial charge is 0.273 e. The summed E-state index contributed by atoms with van der Waals surface area (Å²) >= 11 is 0. The Kier molecular flexibility index (Phi) is 6.36. The molecule has 1 aliphatic rings. The number of piperidine rings is 1. The van der Waals surface area contributed by atoms with Crippen molar-refractivity contribution >= 4 is 5.69 Å². The summed E-state index contributed by atoms with van der Waals surface area (Å²) in [5.41, 5.74) is 2.40. The number of hydrogen-bond acceptors (Lipinski definition) is 4. The summed E-state index contributed by atoms with van der Waals surface area (Å²) in [6.07, 6.45) is 2.22. The van der Waals surface area contributed by atoms with Gasteiger partial charge in [-0.25, -0.2) is 0 Å². The first-order chi connectivity index (χ1) is 12.7. The molecule has 3 rings (SSSR count). The molecule has 2 aromatic carbocycles. The third-order valence-corrected chi connectivity index (χ3v) is 5.29. The Morgan fingerprint density at radius 3 is 2.38 bits per heavy atom. The van der Waals surface area contributed by atoms with Crippen LogP contribution in [0.1, 0.15) is 30.9 Å². The van der Waals surface area contributed by atoms with Gasteiger partial charge in [0.2, 0.25) is 0 Å². The Morgan fingerprint density at radius 1 is 1.08 bits per heavy atom. The average molecular weight is 353 g/mol. The van der Waals surface area contributed by atoms with Crippen molar-refractivity contribution < 1.29 is 4.92 Å². The van der Waals surface area contributed by atoms with E-state index < -0.39 is 0 Å². The number of likely N-dealkylation sites (tertiary alicyclic amines) is 1. The number of nitro groups is 1. The molecule has 2 aromatic rings. The van der Waals surface area contributed by atoms with Crippen LogP contribution < -0.4 is 0 Å². The molecule has 138 valence electrons. The average Bonchev–Trinajstić information content (AvgIpc) is 2.68. The molecule has 1 saturated heterocycles. The van der Waals surface area contributed by atoms with E-state index >= 15 is 0 Å². The van der Waals surface area contributed by atoms with Crippen molar-refractivity contribution in [3.05, 3.63) is 75.8 Å². The Morgan fingerprint density at radius 2 is 1.73 bits per heavy atom. The molecule has 5 nitrogen and oxygen atoms in total. The largest absolute Gasteiger partial charge is 0.299 e. The molecule has 0 amide bonds. The van der Waals surface area contributed by atoms with E-state index in [0.717, 1.165) is 44.6 Å². The molecular weight excluding hydrogens is 326 g/mol. The zero-order chi connectivity index (χ0) is 18.4. The van der Waals surface area contributed by atoms with Gasteiger partial charge in [-0.2, -0.15) is 0 Å². The van der Waals surface area contributed by atoms with Crippen molar-refractivity contribution in [2.45, 2.75) is 38.9 Å². The summed E-state index contributed by atoms with van der Waals surface area (Å²) in [6.45, 7) is 6.90. The van der Waals surface area contributed by atoms with Crippen LogP contribution >= 0.6 is 0 Å². The fraction of sp³-hybridized carbons (Fsp3) is 0.429. The van der Waals surface area contributed by atoms with E-state index in [4.69, 9.17) is 0 Å². The van der Waals surface area contributed by atoms with E-state index in [9.17, 15) is 10.1 Å². The van der Waals surface area contributed by atoms with E-state index in [1.807, 2.05) is 12.1 Å². The lowest BCUT2D eigenvalue weighted by Crippen LogP contribution is -2.44. The number of rotatable bonds is 7. The molecule has 1 fully saturated rings. The molecule has 0 saturated carbocycles. The molecule has 0 N–H and O–H groups in total. The molecule has 0 spiro atoms. The second-order valence-electron chi connectivity index (χ2n) is 6.94. The van der Waals surface area contributed by atoms with Crippen LogP contribution in [-0.4, -0.2) is 40.4 Å². The van der Waals surface area contributed by atoms with Gasteiger partial charge in [-0.05, 0) is 38.0 Å². The van der Waals surface area contributed by atoms with Crippen LogP contribution in [-0.2, 0) is 13.1 Å². The molecule has 0 unspecified atom stereocenters. The van der Waals surface area contributed by atoms with Crippen molar-refractivity contribution in [2.75, 3.05) is 19.6 Å². The van der Waals surface area contributed by atoms with E-state index in [1.54, 1.807) is 12.1 Å². The third kappa shape index (κ3) is 4.68. The second kappa shape index (κ2) is 8.92. The number of hydrogen-bond donors (Lipinski definition) is 0. The minimum atomic E-state index is -0.277. The van der Waals surface area contributed by atoms with E-state index in [2.05, 4.69) is 47.1 Å². The summed E-state index contributed by atoms with van der Waals surface area (Å²) in [5, 5.41) is 11.2. The van der Waals surface area contributed by atoms with Crippen LogP contribution in [0.3, 0.4) is 0 Å². The predicted molar refractivity (Wildman–Crippen MR) is 104 cm³/mol. The Labute approximate surface area is 155 Å². The first kappa shape index (κ1) is 18.5. The first-order valence-electron chi connectivity index (χ1n) is 9.40. The minimum Gasteiger partial charge on any atom is -0.299 e. The lowest BCUT2D eigenvalue weighted by molar-refractivity contribution is -0.385. The zero-order valence-corrected chi connectivity index (χ0v) is 15.4. The summed E-state index contributed by atoms with van der Waals surface area (Å²) < 4.78 is 0. The second-order valence-corrected chi connectivity index (χ2v) is 6.94. The number of para-hydroxylation sites is 1. The van der Waals surface area contributed by atoms with Crippen molar-refractivity contribution in [2.24, 2.45) is 0 Å². The standard InChI is InChI=1S/C21H27N3O2/c1-2-23(16-18-8-4-3-5-9-18)20-12-14-22(15-13-20)17-19-10-6-7-11-21(19)24(25)26/h3-11,20H,2,12-17H2,1H3. The highest BCUT2D eigenvalue weighted by Gasteiger charge is 2.25. The molecule has 1 aliphatic heterocycles. The summed E-state index contributed by atoms with van der Waals surface area (Å²) in [6, 6.07) is 18.3. The number of benzene rings is 2. The Hall–Kier alpha value is -2.24. The van der Waals surface area contributed by atoms with Crippen molar-refractivity contribution in [1.82, 2.24) is 9.80 Å². The molecule has 1 heterocycles. The number of nitro benzene ring substituents is 1. The van der Waals surface area contributed by atoms with Gasteiger partial charge in [0.25, 0.3) is 5.69 Å². The van der Waals surface area contributed by atoms with Crippen LogP contribution in [0.25, 0.3) is 0 Å². The molecule has 5 heteroatoms. The molecular formula is C21H27N3O2. The quantitative estimate of drug-likeness (QED) is 0.556. The summed E-state index contributed by atoms with van der Waals surface area (Å²) in [7, 11) is 0. The van der Waals surface area contributed by atoms with Gasteiger partial charge in [-0.3, -0.25) is 19.9 Å². The minimum absolute atomic E-state index is 0.230. The van der Waals surface area contributed by atoms with Crippen LogP contribution in [0.4, 0.5) is 5.69 Å². The fourth-order valence-electron chi connectivity index (χ4n) is 3.82. The molecule has 0 aromatic heterocycles. The molecule has 0 atom stereocenters. The van der Waals surface area contributed by atoms with Crippen molar-refractivity contribution in [3.63, 3.8) is 0 Å². The molecule has 26 heavy (non-hydrogen) atoms. The zero-order valence-electron chi connectivity index (χ0n) is 15.4. The lowest BCUT2D eigenvalue weighted by atomic mass is 10.0. The summed E-state index contributed by atoms with van der Waals surface area (Å²) in [5.74, 6) is 0. The topological polar surface area (TPSA) is 49.6 Å². The van der Waals surface area contributed by atoms with Gasteiger partial charge in [0.05, 0.1) is 4.92 Å². The van der Waals surface area contributed by atoms with Gasteiger partial charge in [0.1, 0.15) is 0 Å². The van der Waals surface area contributed by atoms with Gasteiger partial charge < -0.3 is 0 Å². The maximum Gasteiger partial charge on any atom is 0.273 e. The molecule has 0 radical (unpaired) electrons. The van der Waals surface area contributed by atoms with Crippen LogP contribution in [0.5, 0.6) is 0 Å². The molecule has 0 bridgehead atoms. The Bertz CT molecular complexity index is 712. The van der Waals surface area contributed by atoms with Crippen LogP contribution in [0.15, 0.2) is 54.6 Å².